The Balaban J connectivity index is 1.26. The molecule has 3 N–H and O–H groups in total. The first-order valence-electron chi connectivity index (χ1n) is 10.2. The van der Waals surface area contributed by atoms with Gasteiger partial charge in [-0.2, -0.15) is 11.8 Å². The Morgan fingerprint density at radius 1 is 1.19 bits per heavy atom. The number of thioether (sulfide) groups is 1. The van der Waals surface area contributed by atoms with E-state index in [9.17, 15) is 4.79 Å². The average Bonchev–Trinajstić information content (AvgIpc) is 2.72. The molecule has 2 saturated heterocycles. The molecule has 27 heavy (non-hydrogen) atoms. The standard InChI is InChI=1S/C20H30N4O2S/c25-20-17-2-1-15(22-12-14-3-7-21-8-4-14)11-18(17)23-19(24-20)13-27-16-5-9-26-10-6-16/h3-4,7-8,15-19,22-23H,1-2,5-6,9-13H2,(H,24,25). The van der Waals surface area contributed by atoms with E-state index in [1.165, 1.54) is 5.56 Å². The quantitative estimate of drug-likeness (QED) is 0.686. The van der Waals surface area contributed by atoms with Crippen LogP contribution in [0, 0.1) is 5.92 Å². The largest absolute Gasteiger partial charge is 0.381 e. The fourth-order valence-electron chi connectivity index (χ4n) is 4.36. The van der Waals surface area contributed by atoms with E-state index in [4.69, 9.17) is 4.74 Å². The summed E-state index contributed by atoms with van der Waals surface area (Å²) in [5, 5.41) is 11.2. The third kappa shape index (κ3) is 5.22. The maximum Gasteiger partial charge on any atom is 0.225 e. The number of hydrogen-bond acceptors (Lipinski definition) is 6. The highest BCUT2D eigenvalue weighted by molar-refractivity contribution is 7.99. The average molecular weight is 391 g/mol. The highest BCUT2D eigenvalue weighted by atomic mass is 32.2. The molecule has 3 aliphatic rings. The summed E-state index contributed by atoms with van der Waals surface area (Å²) in [5.41, 5.74) is 1.26. The van der Waals surface area contributed by atoms with Crippen molar-refractivity contribution in [3.05, 3.63) is 30.1 Å². The lowest BCUT2D eigenvalue weighted by Crippen LogP contribution is -2.64. The minimum atomic E-state index is 0.0885. The topological polar surface area (TPSA) is 75.3 Å². The molecule has 1 aromatic rings. The van der Waals surface area contributed by atoms with Crippen molar-refractivity contribution >= 4 is 17.7 Å². The maximum absolute atomic E-state index is 12.6. The third-order valence-corrected chi connectivity index (χ3v) is 7.40. The van der Waals surface area contributed by atoms with Gasteiger partial charge < -0.3 is 15.4 Å². The first-order chi connectivity index (χ1) is 13.3. The summed E-state index contributed by atoms with van der Waals surface area (Å²) >= 11 is 1.97. The highest BCUT2D eigenvalue weighted by Gasteiger charge is 2.40. The minimum absolute atomic E-state index is 0.0885. The van der Waals surface area contributed by atoms with Gasteiger partial charge in [0, 0.05) is 55.2 Å². The summed E-state index contributed by atoms with van der Waals surface area (Å²) in [7, 11) is 0. The third-order valence-electron chi connectivity index (χ3n) is 5.93. The molecule has 2 aliphatic heterocycles. The minimum Gasteiger partial charge on any atom is -0.381 e. The molecule has 3 fully saturated rings. The lowest BCUT2D eigenvalue weighted by Gasteiger charge is -2.43. The van der Waals surface area contributed by atoms with E-state index < -0.39 is 0 Å². The van der Waals surface area contributed by atoms with Gasteiger partial charge in [-0.05, 0) is 49.8 Å². The maximum atomic E-state index is 12.6. The molecule has 4 unspecified atom stereocenters. The van der Waals surface area contributed by atoms with Gasteiger partial charge in [0.05, 0.1) is 12.1 Å². The van der Waals surface area contributed by atoms with Crippen LogP contribution in [0.5, 0.6) is 0 Å². The van der Waals surface area contributed by atoms with Crippen LogP contribution in [0.1, 0.15) is 37.7 Å². The molecule has 0 radical (unpaired) electrons. The number of amides is 1. The summed E-state index contributed by atoms with van der Waals surface area (Å²) in [5.74, 6) is 1.30. The smallest absolute Gasteiger partial charge is 0.225 e. The number of carbonyl (C=O) groups excluding carboxylic acids is 1. The normalized spacial score (nSPS) is 31.9. The first-order valence-corrected chi connectivity index (χ1v) is 11.2. The van der Waals surface area contributed by atoms with Crippen molar-refractivity contribution in [3.8, 4) is 0 Å². The molecule has 1 aliphatic carbocycles. The first kappa shape index (κ1) is 19.2. The number of ether oxygens (including phenoxy) is 1. The number of pyridine rings is 1. The lowest BCUT2D eigenvalue weighted by molar-refractivity contribution is -0.130. The second kappa shape index (κ2) is 9.37. The van der Waals surface area contributed by atoms with E-state index in [0.29, 0.717) is 11.3 Å². The van der Waals surface area contributed by atoms with Crippen LogP contribution in [0.15, 0.2) is 24.5 Å². The monoisotopic (exact) mass is 390 g/mol. The van der Waals surface area contributed by atoms with Crippen LogP contribution in [0.3, 0.4) is 0 Å². The Morgan fingerprint density at radius 2 is 2.00 bits per heavy atom. The Kier molecular flexibility index (Phi) is 6.65. The van der Waals surface area contributed by atoms with Crippen LogP contribution in [0.4, 0.5) is 0 Å². The van der Waals surface area contributed by atoms with Gasteiger partial charge in [-0.15, -0.1) is 0 Å². The van der Waals surface area contributed by atoms with Crippen molar-refractivity contribution in [3.63, 3.8) is 0 Å². The number of fused-ring (bicyclic) bond motifs is 1. The van der Waals surface area contributed by atoms with E-state index in [-0.39, 0.29) is 24.0 Å². The van der Waals surface area contributed by atoms with Crippen molar-refractivity contribution < 1.29 is 9.53 Å². The van der Waals surface area contributed by atoms with Gasteiger partial charge in [-0.3, -0.25) is 15.1 Å². The van der Waals surface area contributed by atoms with Gasteiger partial charge in [0.2, 0.25) is 5.91 Å². The summed E-state index contributed by atoms with van der Waals surface area (Å²) in [4.78, 5) is 16.6. The zero-order chi connectivity index (χ0) is 18.5. The van der Waals surface area contributed by atoms with E-state index in [2.05, 4.69) is 33.1 Å². The molecule has 7 heteroatoms. The molecule has 4 rings (SSSR count). The second-order valence-electron chi connectivity index (χ2n) is 7.83. The van der Waals surface area contributed by atoms with Crippen LogP contribution in [0.25, 0.3) is 0 Å². The van der Waals surface area contributed by atoms with Gasteiger partial charge in [-0.1, -0.05) is 0 Å². The number of nitrogens with zero attached hydrogens (tertiary/aromatic N) is 1. The van der Waals surface area contributed by atoms with Crippen LogP contribution in [0.2, 0.25) is 0 Å². The molecule has 4 atom stereocenters. The summed E-state index contributed by atoms with van der Waals surface area (Å²) in [6, 6.07) is 4.84. The molecule has 1 saturated carbocycles. The summed E-state index contributed by atoms with van der Waals surface area (Å²) < 4.78 is 5.44. The fourth-order valence-corrected chi connectivity index (χ4v) is 5.53. The van der Waals surface area contributed by atoms with Gasteiger partial charge >= 0.3 is 0 Å². The van der Waals surface area contributed by atoms with Crippen molar-refractivity contribution in [1.82, 2.24) is 20.9 Å². The number of rotatable bonds is 6. The van der Waals surface area contributed by atoms with E-state index in [0.717, 1.165) is 57.6 Å². The molecule has 6 nitrogen and oxygen atoms in total. The van der Waals surface area contributed by atoms with Crippen molar-refractivity contribution in [2.24, 2.45) is 5.92 Å². The van der Waals surface area contributed by atoms with Crippen molar-refractivity contribution in [1.29, 1.82) is 0 Å². The zero-order valence-electron chi connectivity index (χ0n) is 15.7. The molecule has 0 bridgehead atoms. The Morgan fingerprint density at radius 3 is 2.81 bits per heavy atom. The predicted molar refractivity (Wildman–Crippen MR) is 107 cm³/mol. The zero-order valence-corrected chi connectivity index (χ0v) is 16.5. The molecule has 0 spiro atoms. The van der Waals surface area contributed by atoms with Crippen LogP contribution >= 0.6 is 11.8 Å². The molecule has 3 heterocycles. The summed E-state index contributed by atoms with van der Waals surface area (Å²) in [6.07, 6.45) is 9.03. The summed E-state index contributed by atoms with van der Waals surface area (Å²) in [6.45, 7) is 2.61. The Labute approximate surface area is 165 Å². The Bertz CT molecular complexity index is 611. The number of carbonyl (C=O) groups is 1. The van der Waals surface area contributed by atoms with Crippen LogP contribution < -0.4 is 16.0 Å². The highest BCUT2D eigenvalue weighted by Crippen LogP contribution is 2.29. The van der Waals surface area contributed by atoms with Gasteiger partial charge in [-0.25, -0.2) is 0 Å². The van der Waals surface area contributed by atoms with Gasteiger partial charge in [0.15, 0.2) is 0 Å². The SMILES string of the molecule is O=C1NC(CSC2CCOCC2)NC2CC(NCc3ccncc3)CCC12. The van der Waals surface area contributed by atoms with E-state index in [1.807, 2.05) is 24.2 Å². The van der Waals surface area contributed by atoms with Crippen molar-refractivity contribution in [2.45, 2.75) is 62.1 Å². The second-order valence-corrected chi connectivity index (χ2v) is 9.17. The van der Waals surface area contributed by atoms with Crippen LogP contribution in [-0.4, -0.2) is 53.4 Å². The molecule has 1 amide bonds. The molecule has 1 aromatic heterocycles. The van der Waals surface area contributed by atoms with E-state index in [1.54, 1.807) is 0 Å². The molecule has 148 valence electrons. The lowest BCUT2D eigenvalue weighted by atomic mass is 9.79. The van der Waals surface area contributed by atoms with Gasteiger partial charge in [0.1, 0.15) is 0 Å². The Hall–Kier alpha value is -1.15. The van der Waals surface area contributed by atoms with Gasteiger partial charge in [0.25, 0.3) is 0 Å². The number of aromatic nitrogens is 1. The van der Waals surface area contributed by atoms with E-state index >= 15 is 0 Å². The van der Waals surface area contributed by atoms with Crippen molar-refractivity contribution in [2.75, 3.05) is 19.0 Å². The predicted octanol–water partition coefficient (Wildman–Crippen LogP) is 1.67. The van der Waals surface area contributed by atoms with Crippen LogP contribution in [-0.2, 0) is 16.1 Å². The fraction of sp³-hybridized carbons (Fsp3) is 0.700. The molecular weight excluding hydrogens is 360 g/mol. The molecular formula is C20H30N4O2S. The number of hydrogen-bond donors (Lipinski definition) is 3. The molecule has 0 aromatic carbocycles. The number of nitrogens with one attached hydrogen (secondary N) is 3.